The number of hydrogen-bond donors (Lipinski definition) is 0. The van der Waals surface area contributed by atoms with Gasteiger partial charge in [0.05, 0.1) is 5.02 Å². The largest absolute Gasteiger partial charge is 0.282 e. The van der Waals surface area contributed by atoms with Crippen LogP contribution in [0.25, 0.3) is 17.0 Å². The summed E-state index contributed by atoms with van der Waals surface area (Å²) in [6.07, 6.45) is 2.97. The van der Waals surface area contributed by atoms with Gasteiger partial charge in [-0.15, -0.1) is 10.2 Å². The van der Waals surface area contributed by atoms with Crippen LogP contribution in [0.2, 0.25) is 5.02 Å². The summed E-state index contributed by atoms with van der Waals surface area (Å²) >= 11 is 6.32. The summed E-state index contributed by atoms with van der Waals surface area (Å²) in [5.41, 5.74) is 5.48. The monoisotopic (exact) mass is 333 g/mol. The van der Waals surface area contributed by atoms with Crippen LogP contribution in [0.4, 0.5) is 0 Å². The highest BCUT2D eigenvalue weighted by Gasteiger charge is 2.11. The van der Waals surface area contributed by atoms with Gasteiger partial charge in [0.15, 0.2) is 11.5 Å². The molecule has 0 saturated heterocycles. The van der Waals surface area contributed by atoms with Crippen molar-refractivity contribution in [2.24, 2.45) is 0 Å². The second-order valence-electron chi connectivity index (χ2n) is 5.93. The maximum absolute atomic E-state index is 6.32. The minimum absolute atomic E-state index is 0.677. The van der Waals surface area contributed by atoms with Gasteiger partial charge in [0.25, 0.3) is 0 Å². The summed E-state index contributed by atoms with van der Waals surface area (Å²) in [7, 11) is 0. The van der Waals surface area contributed by atoms with Crippen LogP contribution < -0.4 is 0 Å². The Balaban J connectivity index is 1.77. The standard InChI is InChI=1S/C20H16ClN3/c1-14-5-4-6-15(11-14)12-16-9-10-19-22-23-20(24(19)13-16)17-7-2-3-8-18(17)21/h2-11,13H,12H2,1H3. The average Bonchev–Trinajstić information content (AvgIpc) is 2.98. The highest BCUT2D eigenvalue weighted by atomic mass is 35.5. The van der Waals surface area contributed by atoms with Gasteiger partial charge in [-0.25, -0.2) is 0 Å². The minimum atomic E-state index is 0.677. The average molecular weight is 334 g/mol. The zero-order chi connectivity index (χ0) is 16.5. The summed E-state index contributed by atoms with van der Waals surface area (Å²) in [5, 5.41) is 9.25. The molecular formula is C20H16ClN3. The summed E-state index contributed by atoms with van der Waals surface area (Å²) in [6.45, 7) is 2.11. The molecule has 4 aromatic rings. The van der Waals surface area contributed by atoms with Crippen LogP contribution in [0.3, 0.4) is 0 Å². The molecule has 0 aliphatic rings. The molecule has 4 rings (SSSR count). The molecule has 0 saturated carbocycles. The van der Waals surface area contributed by atoms with E-state index in [1.54, 1.807) is 0 Å². The Morgan fingerprint density at radius 3 is 2.62 bits per heavy atom. The van der Waals surface area contributed by atoms with E-state index in [0.29, 0.717) is 5.02 Å². The van der Waals surface area contributed by atoms with Crippen LogP contribution in [0.5, 0.6) is 0 Å². The van der Waals surface area contributed by atoms with Crippen LogP contribution >= 0.6 is 11.6 Å². The van der Waals surface area contributed by atoms with Gasteiger partial charge in [-0.1, -0.05) is 59.6 Å². The molecule has 0 bridgehead atoms. The third kappa shape index (κ3) is 2.79. The predicted molar refractivity (Wildman–Crippen MR) is 97.4 cm³/mol. The number of aryl methyl sites for hydroxylation is 1. The first-order chi connectivity index (χ1) is 11.7. The van der Waals surface area contributed by atoms with Gasteiger partial charge in [0.1, 0.15) is 0 Å². The third-order valence-corrected chi connectivity index (χ3v) is 4.40. The first-order valence-corrected chi connectivity index (χ1v) is 8.22. The minimum Gasteiger partial charge on any atom is -0.282 e. The van der Waals surface area contributed by atoms with Gasteiger partial charge < -0.3 is 0 Å². The quantitative estimate of drug-likeness (QED) is 0.531. The number of rotatable bonds is 3. The van der Waals surface area contributed by atoms with Crippen molar-refractivity contribution in [2.75, 3.05) is 0 Å². The number of pyridine rings is 1. The lowest BCUT2D eigenvalue weighted by molar-refractivity contribution is 1.09. The van der Waals surface area contributed by atoms with Gasteiger partial charge in [-0.3, -0.25) is 4.40 Å². The summed E-state index contributed by atoms with van der Waals surface area (Å²) in [6, 6.07) is 20.4. The number of aromatic nitrogens is 3. The van der Waals surface area contributed by atoms with Gasteiger partial charge >= 0.3 is 0 Å². The molecule has 0 fully saturated rings. The highest BCUT2D eigenvalue weighted by Crippen LogP contribution is 2.26. The maximum atomic E-state index is 6.32. The van der Waals surface area contributed by atoms with E-state index in [4.69, 9.17) is 11.6 Å². The van der Waals surface area contributed by atoms with Crippen molar-refractivity contribution >= 4 is 17.2 Å². The van der Waals surface area contributed by atoms with E-state index < -0.39 is 0 Å². The first-order valence-electron chi connectivity index (χ1n) is 7.85. The molecule has 3 nitrogen and oxygen atoms in total. The molecule has 2 heterocycles. The van der Waals surface area contributed by atoms with Crippen molar-refractivity contribution in [3.8, 4) is 11.4 Å². The lowest BCUT2D eigenvalue weighted by Gasteiger charge is -2.06. The van der Waals surface area contributed by atoms with Crippen molar-refractivity contribution in [1.82, 2.24) is 14.6 Å². The molecule has 0 atom stereocenters. The first kappa shape index (κ1) is 14.9. The van der Waals surface area contributed by atoms with E-state index in [1.165, 1.54) is 16.7 Å². The molecule has 0 N–H and O–H groups in total. The van der Waals surface area contributed by atoms with Crippen molar-refractivity contribution in [2.45, 2.75) is 13.3 Å². The van der Waals surface area contributed by atoms with Gasteiger partial charge in [0, 0.05) is 11.8 Å². The molecule has 0 aliphatic heterocycles. The highest BCUT2D eigenvalue weighted by molar-refractivity contribution is 6.33. The maximum Gasteiger partial charge on any atom is 0.169 e. The molecule has 118 valence electrons. The number of fused-ring (bicyclic) bond motifs is 1. The van der Waals surface area contributed by atoms with Crippen molar-refractivity contribution < 1.29 is 0 Å². The van der Waals surface area contributed by atoms with E-state index in [9.17, 15) is 0 Å². The zero-order valence-electron chi connectivity index (χ0n) is 13.3. The molecule has 0 radical (unpaired) electrons. The summed E-state index contributed by atoms with van der Waals surface area (Å²) in [4.78, 5) is 0. The Bertz CT molecular complexity index is 1020. The number of hydrogen-bond acceptors (Lipinski definition) is 2. The van der Waals surface area contributed by atoms with E-state index in [1.807, 2.05) is 34.7 Å². The molecule has 0 unspecified atom stereocenters. The molecule has 0 amide bonds. The molecule has 24 heavy (non-hydrogen) atoms. The van der Waals surface area contributed by atoms with Gasteiger partial charge in [0.2, 0.25) is 0 Å². The molecule has 2 aromatic heterocycles. The van der Waals surface area contributed by atoms with Gasteiger partial charge in [-0.05, 0) is 42.7 Å². The second kappa shape index (κ2) is 6.10. The van der Waals surface area contributed by atoms with Crippen molar-refractivity contribution in [3.05, 3.63) is 88.6 Å². The van der Waals surface area contributed by atoms with Gasteiger partial charge in [-0.2, -0.15) is 0 Å². The molecular weight excluding hydrogens is 318 g/mol. The van der Waals surface area contributed by atoms with Crippen LogP contribution in [-0.4, -0.2) is 14.6 Å². The second-order valence-corrected chi connectivity index (χ2v) is 6.34. The molecule has 0 spiro atoms. The van der Waals surface area contributed by atoms with Crippen LogP contribution in [0.15, 0.2) is 66.9 Å². The Morgan fingerprint density at radius 2 is 1.79 bits per heavy atom. The zero-order valence-corrected chi connectivity index (χ0v) is 14.0. The topological polar surface area (TPSA) is 30.2 Å². The number of benzene rings is 2. The fourth-order valence-electron chi connectivity index (χ4n) is 2.92. The van der Waals surface area contributed by atoms with Crippen molar-refractivity contribution in [3.63, 3.8) is 0 Å². The number of halogens is 1. The van der Waals surface area contributed by atoms with Crippen LogP contribution in [0.1, 0.15) is 16.7 Å². The van der Waals surface area contributed by atoms with Crippen molar-refractivity contribution in [1.29, 1.82) is 0 Å². The lowest BCUT2D eigenvalue weighted by Crippen LogP contribution is -1.95. The van der Waals surface area contributed by atoms with E-state index in [2.05, 4.69) is 53.6 Å². The Hall–Kier alpha value is -2.65. The smallest absolute Gasteiger partial charge is 0.169 e. The van der Waals surface area contributed by atoms with E-state index in [0.717, 1.165) is 23.5 Å². The molecule has 2 aromatic carbocycles. The molecule has 0 aliphatic carbocycles. The lowest BCUT2D eigenvalue weighted by atomic mass is 10.0. The normalized spacial score (nSPS) is 11.1. The fraction of sp³-hybridized carbons (Fsp3) is 0.100. The predicted octanol–water partition coefficient (Wildman–Crippen LogP) is 4.95. The Kier molecular flexibility index (Phi) is 3.79. The molecule has 4 heteroatoms. The summed E-state index contributed by atoms with van der Waals surface area (Å²) < 4.78 is 2.01. The Morgan fingerprint density at radius 1 is 0.917 bits per heavy atom. The number of nitrogens with zero attached hydrogens (tertiary/aromatic N) is 3. The van der Waals surface area contributed by atoms with E-state index >= 15 is 0 Å². The fourth-order valence-corrected chi connectivity index (χ4v) is 3.14. The summed E-state index contributed by atoms with van der Waals surface area (Å²) in [5.74, 6) is 0.765. The SMILES string of the molecule is Cc1cccc(Cc2ccc3nnc(-c4ccccc4Cl)n3c2)c1. The van der Waals surface area contributed by atoms with Crippen LogP contribution in [0, 0.1) is 6.92 Å². The third-order valence-electron chi connectivity index (χ3n) is 4.07. The van der Waals surface area contributed by atoms with Crippen LogP contribution in [-0.2, 0) is 6.42 Å². The Labute approximate surface area is 145 Å². The van der Waals surface area contributed by atoms with E-state index in [-0.39, 0.29) is 0 Å².